The standard InChI is InChI=1S/C14H11BrF4/c1-5(2)14(15)6-3-4-7(14)9-8(6)10(16)12(18)13(19)11(9)17/h6-7H,1,3-4H2,2H3. The van der Waals surface area contributed by atoms with Crippen LogP contribution in [0.4, 0.5) is 17.6 Å². The van der Waals surface area contributed by atoms with Crippen molar-refractivity contribution in [3.05, 3.63) is 46.5 Å². The lowest BCUT2D eigenvalue weighted by molar-refractivity contribution is 0.394. The van der Waals surface area contributed by atoms with Crippen molar-refractivity contribution in [3.8, 4) is 0 Å². The minimum atomic E-state index is -1.72. The molecule has 2 atom stereocenters. The van der Waals surface area contributed by atoms with Crippen molar-refractivity contribution in [2.75, 3.05) is 0 Å². The van der Waals surface area contributed by atoms with E-state index in [1.165, 1.54) is 0 Å². The summed E-state index contributed by atoms with van der Waals surface area (Å²) in [4.78, 5) is 0. The topological polar surface area (TPSA) is 0 Å². The summed E-state index contributed by atoms with van der Waals surface area (Å²) in [5.41, 5.74) is 0.677. The maximum absolute atomic E-state index is 14.0. The Hall–Kier alpha value is -0.840. The second kappa shape index (κ2) is 3.84. The van der Waals surface area contributed by atoms with Crippen LogP contribution in [-0.2, 0) is 0 Å². The van der Waals surface area contributed by atoms with Crippen molar-refractivity contribution in [2.45, 2.75) is 35.9 Å². The first-order valence-electron chi connectivity index (χ1n) is 6.02. The summed E-state index contributed by atoms with van der Waals surface area (Å²) in [6.07, 6.45) is 1.22. The molecule has 5 heteroatoms. The van der Waals surface area contributed by atoms with E-state index in [1.54, 1.807) is 6.92 Å². The van der Waals surface area contributed by atoms with Crippen LogP contribution in [0.25, 0.3) is 0 Å². The third kappa shape index (κ3) is 1.34. The van der Waals surface area contributed by atoms with Gasteiger partial charge in [-0.15, -0.1) is 0 Å². The van der Waals surface area contributed by atoms with Gasteiger partial charge in [-0.2, -0.15) is 0 Å². The van der Waals surface area contributed by atoms with E-state index in [9.17, 15) is 17.6 Å². The van der Waals surface area contributed by atoms with Gasteiger partial charge in [-0.3, -0.25) is 0 Å². The molecule has 1 fully saturated rings. The SMILES string of the molecule is C=C(C)C1(Br)C2CCC1c1c(F)c(F)c(F)c(F)c12. The molecule has 0 nitrogen and oxygen atoms in total. The predicted octanol–water partition coefficient (Wildman–Crippen LogP) is 4.93. The van der Waals surface area contributed by atoms with Gasteiger partial charge in [0.15, 0.2) is 23.3 Å². The number of alkyl halides is 1. The Balaban J connectivity index is 2.35. The molecule has 102 valence electrons. The molecule has 0 saturated heterocycles. The van der Waals surface area contributed by atoms with E-state index < -0.39 is 39.4 Å². The second-order valence-corrected chi connectivity index (χ2v) is 6.63. The summed E-state index contributed by atoms with van der Waals surface area (Å²) in [6, 6.07) is 0. The first-order valence-corrected chi connectivity index (χ1v) is 6.81. The van der Waals surface area contributed by atoms with E-state index in [0.717, 1.165) is 5.57 Å². The fraction of sp³-hybridized carbons (Fsp3) is 0.429. The second-order valence-electron chi connectivity index (χ2n) is 5.31. The molecule has 0 N–H and O–H groups in total. The van der Waals surface area contributed by atoms with Crippen LogP contribution in [0.5, 0.6) is 0 Å². The van der Waals surface area contributed by atoms with Crippen LogP contribution < -0.4 is 0 Å². The van der Waals surface area contributed by atoms with Crippen LogP contribution in [0, 0.1) is 23.3 Å². The lowest BCUT2D eigenvalue weighted by atomic mass is 9.88. The zero-order chi connectivity index (χ0) is 14.1. The zero-order valence-electron chi connectivity index (χ0n) is 10.2. The number of halogens is 5. The summed E-state index contributed by atoms with van der Waals surface area (Å²) < 4.78 is 54.0. The van der Waals surface area contributed by atoms with Crippen LogP contribution >= 0.6 is 15.9 Å². The molecule has 3 rings (SSSR count). The van der Waals surface area contributed by atoms with E-state index in [4.69, 9.17) is 0 Å². The minimum Gasteiger partial charge on any atom is -0.203 e. The molecule has 0 aliphatic heterocycles. The van der Waals surface area contributed by atoms with Gasteiger partial charge in [-0.25, -0.2) is 17.6 Å². The summed E-state index contributed by atoms with van der Waals surface area (Å²) in [5, 5.41) is 0. The van der Waals surface area contributed by atoms with Crippen LogP contribution in [-0.4, -0.2) is 4.32 Å². The van der Waals surface area contributed by atoms with Crippen molar-refractivity contribution < 1.29 is 17.6 Å². The highest BCUT2D eigenvalue weighted by atomic mass is 79.9. The van der Waals surface area contributed by atoms with Gasteiger partial charge in [0.25, 0.3) is 0 Å². The highest BCUT2D eigenvalue weighted by molar-refractivity contribution is 9.10. The van der Waals surface area contributed by atoms with E-state index in [-0.39, 0.29) is 11.1 Å². The summed E-state index contributed by atoms with van der Waals surface area (Å²) >= 11 is 3.52. The largest absolute Gasteiger partial charge is 0.203 e. The van der Waals surface area contributed by atoms with Gasteiger partial charge in [-0.05, 0) is 19.8 Å². The first-order chi connectivity index (χ1) is 8.81. The van der Waals surface area contributed by atoms with E-state index in [2.05, 4.69) is 22.5 Å². The first kappa shape index (κ1) is 13.2. The lowest BCUT2D eigenvalue weighted by Crippen LogP contribution is -2.25. The van der Waals surface area contributed by atoms with Crippen molar-refractivity contribution in [1.82, 2.24) is 0 Å². The number of fused-ring (bicyclic) bond motifs is 5. The van der Waals surface area contributed by atoms with Crippen molar-refractivity contribution in [3.63, 3.8) is 0 Å². The number of hydrogen-bond acceptors (Lipinski definition) is 0. The zero-order valence-corrected chi connectivity index (χ0v) is 11.8. The molecule has 1 saturated carbocycles. The number of allylic oxidation sites excluding steroid dienone is 1. The fourth-order valence-corrected chi connectivity index (χ4v) is 4.56. The Morgan fingerprint density at radius 2 is 1.37 bits per heavy atom. The Morgan fingerprint density at radius 1 is 1.00 bits per heavy atom. The molecule has 2 aliphatic carbocycles. The molecule has 1 aromatic carbocycles. The van der Waals surface area contributed by atoms with Gasteiger partial charge in [-0.1, -0.05) is 28.1 Å². The average Bonchev–Trinajstić information content (AvgIpc) is 2.84. The average molecular weight is 335 g/mol. The van der Waals surface area contributed by atoms with Crippen molar-refractivity contribution >= 4 is 15.9 Å². The smallest absolute Gasteiger partial charge is 0.197 e. The van der Waals surface area contributed by atoms with Crippen molar-refractivity contribution in [1.29, 1.82) is 0 Å². The maximum atomic E-state index is 14.0. The third-order valence-electron chi connectivity index (χ3n) is 4.45. The van der Waals surface area contributed by atoms with Crippen LogP contribution in [0.3, 0.4) is 0 Å². The highest BCUT2D eigenvalue weighted by Crippen LogP contribution is 2.67. The summed E-state index contributed by atoms with van der Waals surface area (Å²) in [7, 11) is 0. The van der Waals surface area contributed by atoms with E-state index >= 15 is 0 Å². The molecule has 2 bridgehead atoms. The molecule has 1 aromatic rings. The molecule has 0 spiro atoms. The summed E-state index contributed by atoms with van der Waals surface area (Å²) in [6.45, 7) is 5.62. The van der Waals surface area contributed by atoms with Crippen LogP contribution in [0.15, 0.2) is 12.2 Å². The highest BCUT2D eigenvalue weighted by Gasteiger charge is 2.59. The molecule has 0 aromatic heterocycles. The number of hydrogen-bond donors (Lipinski definition) is 0. The van der Waals surface area contributed by atoms with Gasteiger partial charge < -0.3 is 0 Å². The van der Waals surface area contributed by atoms with Crippen molar-refractivity contribution in [2.24, 2.45) is 0 Å². The minimum absolute atomic E-state index is 0.0208. The maximum Gasteiger partial charge on any atom is 0.197 e. The summed E-state index contributed by atoms with van der Waals surface area (Å²) in [5.74, 6) is -6.75. The Bertz CT molecular complexity index is 565. The fourth-order valence-electron chi connectivity index (χ4n) is 3.65. The Kier molecular flexibility index (Phi) is 2.66. The Labute approximate surface area is 116 Å². The van der Waals surface area contributed by atoms with E-state index in [0.29, 0.717) is 12.8 Å². The van der Waals surface area contributed by atoms with Gasteiger partial charge in [0, 0.05) is 23.0 Å². The molecule has 2 aliphatic rings. The molecule has 0 radical (unpaired) electrons. The molecular formula is C14H11BrF4. The van der Waals surface area contributed by atoms with E-state index in [1.807, 2.05) is 0 Å². The normalized spacial score (nSPS) is 31.7. The number of benzene rings is 1. The van der Waals surface area contributed by atoms with Gasteiger partial charge in [0.05, 0.1) is 4.32 Å². The predicted molar refractivity (Wildman–Crippen MR) is 67.5 cm³/mol. The van der Waals surface area contributed by atoms with Crippen LogP contribution in [0.2, 0.25) is 0 Å². The van der Waals surface area contributed by atoms with Gasteiger partial charge >= 0.3 is 0 Å². The van der Waals surface area contributed by atoms with Gasteiger partial charge in [0.2, 0.25) is 0 Å². The molecule has 0 amide bonds. The quantitative estimate of drug-likeness (QED) is 0.224. The lowest BCUT2D eigenvalue weighted by Gasteiger charge is -2.28. The number of rotatable bonds is 1. The van der Waals surface area contributed by atoms with Crippen LogP contribution in [0.1, 0.15) is 42.7 Å². The molecule has 19 heavy (non-hydrogen) atoms. The molecule has 0 heterocycles. The third-order valence-corrected chi connectivity index (χ3v) is 6.23. The van der Waals surface area contributed by atoms with Gasteiger partial charge in [0.1, 0.15) is 0 Å². The molecule has 2 unspecified atom stereocenters. The monoisotopic (exact) mass is 334 g/mol. The molecular weight excluding hydrogens is 324 g/mol. The Morgan fingerprint density at radius 3 is 1.68 bits per heavy atom.